The van der Waals surface area contributed by atoms with Crippen LogP contribution in [0.25, 0.3) is 0 Å². The number of amides is 2. The smallest absolute Gasteiger partial charge is 0.338 e. The lowest BCUT2D eigenvalue weighted by Gasteiger charge is -2.32. The second-order valence-electron chi connectivity index (χ2n) is 8.75. The fourth-order valence-corrected chi connectivity index (χ4v) is 5.02. The van der Waals surface area contributed by atoms with Crippen molar-refractivity contribution in [3.8, 4) is 0 Å². The molecule has 4 rings (SSSR count). The Hall–Kier alpha value is -3.91. The Labute approximate surface area is 220 Å². The van der Waals surface area contributed by atoms with Gasteiger partial charge in [0.15, 0.2) is 5.17 Å². The molecule has 0 spiro atoms. The van der Waals surface area contributed by atoms with Crippen LogP contribution in [-0.2, 0) is 20.9 Å². The van der Waals surface area contributed by atoms with Crippen LogP contribution in [0.5, 0.6) is 0 Å². The number of aryl methyl sites for hydroxylation is 2. The summed E-state index contributed by atoms with van der Waals surface area (Å²) in [6.07, 6.45) is 0.0645. The van der Waals surface area contributed by atoms with Crippen LogP contribution in [0.15, 0.2) is 77.8 Å². The molecule has 2 amide bonds. The number of nitrogens with zero attached hydrogens (tertiary/aromatic N) is 2. The van der Waals surface area contributed by atoms with Crippen molar-refractivity contribution < 1.29 is 19.1 Å². The number of amidine groups is 1. The molecule has 37 heavy (non-hydrogen) atoms. The van der Waals surface area contributed by atoms with Gasteiger partial charge in [-0.05, 0) is 62.2 Å². The molecule has 3 aromatic carbocycles. The zero-order valence-electron chi connectivity index (χ0n) is 21.1. The lowest BCUT2D eigenvalue weighted by Crippen LogP contribution is -2.44. The second kappa shape index (κ2) is 11.9. The molecule has 1 aliphatic heterocycles. The fraction of sp³-hybridized carbons (Fsp3) is 0.241. The summed E-state index contributed by atoms with van der Waals surface area (Å²) in [4.78, 5) is 44.8. The number of hydrogen-bond donors (Lipinski definition) is 1. The van der Waals surface area contributed by atoms with E-state index in [-0.39, 0.29) is 18.2 Å². The van der Waals surface area contributed by atoms with Gasteiger partial charge < -0.3 is 10.1 Å². The Kier molecular flexibility index (Phi) is 8.40. The van der Waals surface area contributed by atoms with E-state index in [9.17, 15) is 14.4 Å². The molecule has 0 aliphatic carbocycles. The number of benzene rings is 3. The zero-order chi connectivity index (χ0) is 26.4. The number of hydrogen-bond acceptors (Lipinski definition) is 6. The number of carbonyl (C=O) groups is 3. The fourth-order valence-electron chi connectivity index (χ4n) is 3.93. The lowest BCUT2D eigenvalue weighted by molar-refractivity contribution is -0.129. The van der Waals surface area contributed by atoms with Crippen molar-refractivity contribution >= 4 is 46.1 Å². The summed E-state index contributed by atoms with van der Waals surface area (Å²) >= 11 is 1.26. The van der Waals surface area contributed by atoms with E-state index in [4.69, 9.17) is 9.73 Å². The minimum Gasteiger partial charge on any atom is -0.462 e. The standard InChI is InChI=1S/C29H29N3O4S/c1-4-36-28(35)22-11-13-23(14-12-22)30-29-32(18-21-8-6-5-7-9-21)26(33)17-25(37-29)27(34)31-24-15-10-19(2)16-20(24)3/h5-16,25H,4,17-18H2,1-3H3,(H,31,34). The first-order chi connectivity index (χ1) is 17.8. The summed E-state index contributed by atoms with van der Waals surface area (Å²) in [5.41, 5.74) is 4.74. The van der Waals surface area contributed by atoms with E-state index in [1.165, 1.54) is 11.8 Å². The Morgan fingerprint density at radius 1 is 1.05 bits per heavy atom. The van der Waals surface area contributed by atoms with Gasteiger partial charge in [-0.25, -0.2) is 9.79 Å². The number of thioether (sulfide) groups is 1. The monoisotopic (exact) mass is 515 g/mol. The summed E-state index contributed by atoms with van der Waals surface area (Å²) in [5, 5.41) is 2.78. The van der Waals surface area contributed by atoms with E-state index < -0.39 is 11.2 Å². The van der Waals surface area contributed by atoms with Crippen LogP contribution < -0.4 is 5.32 Å². The topological polar surface area (TPSA) is 88.1 Å². The lowest BCUT2D eigenvalue weighted by atomic mass is 10.1. The third kappa shape index (κ3) is 6.65. The average Bonchev–Trinajstić information content (AvgIpc) is 2.88. The minimum atomic E-state index is -0.627. The predicted molar refractivity (Wildman–Crippen MR) is 147 cm³/mol. The third-order valence-corrected chi connectivity index (χ3v) is 7.05. The van der Waals surface area contributed by atoms with Gasteiger partial charge in [0.25, 0.3) is 0 Å². The van der Waals surface area contributed by atoms with Gasteiger partial charge in [0, 0.05) is 12.1 Å². The average molecular weight is 516 g/mol. The highest BCUT2D eigenvalue weighted by atomic mass is 32.2. The molecule has 1 N–H and O–H groups in total. The highest BCUT2D eigenvalue weighted by Gasteiger charge is 2.36. The summed E-state index contributed by atoms with van der Waals surface area (Å²) in [7, 11) is 0. The molecule has 1 atom stereocenters. The van der Waals surface area contributed by atoms with Gasteiger partial charge in [-0.3, -0.25) is 14.5 Å². The number of ether oxygens (including phenoxy) is 1. The molecule has 1 aliphatic rings. The quantitative estimate of drug-likeness (QED) is 0.412. The van der Waals surface area contributed by atoms with Crippen molar-refractivity contribution in [1.82, 2.24) is 4.90 Å². The minimum absolute atomic E-state index is 0.0645. The Bertz CT molecular complexity index is 1320. The molecule has 1 heterocycles. The number of nitrogens with one attached hydrogen (secondary N) is 1. The zero-order valence-corrected chi connectivity index (χ0v) is 21.9. The van der Waals surface area contributed by atoms with E-state index in [1.807, 2.05) is 62.4 Å². The highest BCUT2D eigenvalue weighted by molar-refractivity contribution is 8.15. The number of esters is 1. The maximum absolute atomic E-state index is 13.3. The molecule has 0 aromatic heterocycles. The predicted octanol–water partition coefficient (Wildman–Crippen LogP) is 5.64. The summed E-state index contributed by atoms with van der Waals surface area (Å²) in [6.45, 7) is 6.33. The van der Waals surface area contributed by atoms with Crippen LogP contribution in [0.1, 0.15) is 40.4 Å². The maximum atomic E-state index is 13.3. The highest BCUT2D eigenvalue weighted by Crippen LogP contribution is 2.31. The van der Waals surface area contributed by atoms with Gasteiger partial charge in [0.2, 0.25) is 11.8 Å². The Balaban J connectivity index is 1.60. The number of anilines is 1. The molecule has 7 nitrogen and oxygen atoms in total. The number of carbonyl (C=O) groups excluding carboxylic acids is 3. The molecule has 1 unspecified atom stereocenters. The van der Waals surface area contributed by atoms with Crippen molar-refractivity contribution in [2.75, 3.05) is 11.9 Å². The molecule has 190 valence electrons. The summed E-state index contributed by atoms with van der Waals surface area (Å²) in [6, 6.07) is 22.1. The Morgan fingerprint density at radius 2 is 1.78 bits per heavy atom. The van der Waals surface area contributed by atoms with Crippen LogP contribution >= 0.6 is 11.8 Å². The second-order valence-corrected chi connectivity index (χ2v) is 9.92. The molecule has 1 fully saturated rings. The van der Waals surface area contributed by atoms with Gasteiger partial charge in [-0.1, -0.05) is 59.8 Å². The van der Waals surface area contributed by atoms with E-state index in [0.717, 1.165) is 22.4 Å². The largest absolute Gasteiger partial charge is 0.462 e. The molecule has 3 aromatic rings. The molecule has 1 saturated heterocycles. The SMILES string of the molecule is CCOC(=O)c1ccc(N=C2SC(C(=O)Nc3ccc(C)cc3C)CC(=O)N2Cc2ccccc2)cc1. The van der Waals surface area contributed by atoms with Crippen molar-refractivity contribution in [1.29, 1.82) is 0 Å². The first-order valence-corrected chi connectivity index (χ1v) is 13.0. The van der Waals surface area contributed by atoms with Crippen LogP contribution in [-0.4, -0.2) is 39.7 Å². The van der Waals surface area contributed by atoms with Gasteiger partial charge in [0.05, 0.1) is 24.4 Å². The molecular weight excluding hydrogens is 486 g/mol. The van der Waals surface area contributed by atoms with E-state index >= 15 is 0 Å². The Morgan fingerprint density at radius 3 is 2.46 bits per heavy atom. The van der Waals surface area contributed by atoms with Gasteiger partial charge in [-0.15, -0.1) is 0 Å². The van der Waals surface area contributed by atoms with Crippen LogP contribution in [0.2, 0.25) is 0 Å². The third-order valence-electron chi connectivity index (χ3n) is 5.86. The first-order valence-electron chi connectivity index (χ1n) is 12.1. The molecular formula is C29H29N3O4S. The molecule has 8 heteroatoms. The van der Waals surface area contributed by atoms with Crippen LogP contribution in [0.4, 0.5) is 11.4 Å². The van der Waals surface area contributed by atoms with Crippen molar-refractivity contribution in [2.24, 2.45) is 4.99 Å². The van der Waals surface area contributed by atoms with Crippen LogP contribution in [0, 0.1) is 13.8 Å². The van der Waals surface area contributed by atoms with Crippen LogP contribution in [0.3, 0.4) is 0 Å². The maximum Gasteiger partial charge on any atom is 0.338 e. The number of rotatable bonds is 7. The van der Waals surface area contributed by atoms with Crippen molar-refractivity contribution in [3.63, 3.8) is 0 Å². The number of aliphatic imine (C=N–C) groups is 1. The van der Waals surface area contributed by atoms with Gasteiger partial charge >= 0.3 is 5.97 Å². The normalized spacial score (nSPS) is 16.5. The van der Waals surface area contributed by atoms with E-state index in [0.29, 0.717) is 29.6 Å². The van der Waals surface area contributed by atoms with Gasteiger partial charge in [0.1, 0.15) is 5.25 Å². The van der Waals surface area contributed by atoms with Crippen molar-refractivity contribution in [2.45, 2.75) is 39.0 Å². The van der Waals surface area contributed by atoms with Crippen molar-refractivity contribution in [3.05, 3.63) is 95.1 Å². The molecule has 0 bridgehead atoms. The summed E-state index contributed by atoms with van der Waals surface area (Å²) < 4.78 is 5.04. The first kappa shape index (κ1) is 26.2. The molecule has 0 saturated carbocycles. The summed E-state index contributed by atoms with van der Waals surface area (Å²) in [5.74, 6) is -0.821. The van der Waals surface area contributed by atoms with E-state index in [2.05, 4.69) is 5.32 Å². The molecule has 0 radical (unpaired) electrons. The van der Waals surface area contributed by atoms with Gasteiger partial charge in [-0.2, -0.15) is 0 Å². The van der Waals surface area contributed by atoms with E-state index in [1.54, 1.807) is 36.1 Å².